The predicted octanol–water partition coefficient (Wildman–Crippen LogP) is 3.97. The van der Waals surface area contributed by atoms with Crippen LogP contribution in [0, 0.1) is 0 Å². The summed E-state index contributed by atoms with van der Waals surface area (Å²) < 4.78 is 25.9. The average molecular weight is 521 g/mol. The third-order valence-electron chi connectivity index (χ3n) is 4.76. The summed E-state index contributed by atoms with van der Waals surface area (Å²) in [6.45, 7) is 1.24. The first-order valence-corrected chi connectivity index (χ1v) is 12.6. The number of halogens is 3. The number of anilines is 1. The molecule has 0 fully saturated rings. The van der Waals surface area contributed by atoms with Crippen LogP contribution in [0.25, 0.3) is 0 Å². The second-order valence-electron chi connectivity index (χ2n) is 7.05. The number of amides is 2. The number of likely N-dealkylation sites (N-methyl/N-ethyl adjacent to an activating group) is 1. The summed E-state index contributed by atoms with van der Waals surface area (Å²) in [5.74, 6) is -0.948. The highest BCUT2D eigenvalue weighted by molar-refractivity contribution is 7.92. The van der Waals surface area contributed by atoms with Gasteiger partial charge >= 0.3 is 0 Å². The molecule has 174 valence electrons. The quantitative estimate of drug-likeness (QED) is 0.542. The summed E-state index contributed by atoms with van der Waals surface area (Å²) in [4.78, 5) is 27.2. The van der Waals surface area contributed by atoms with Gasteiger partial charge in [-0.3, -0.25) is 13.9 Å². The molecule has 2 aromatic carbocycles. The lowest BCUT2D eigenvalue weighted by molar-refractivity contribution is -0.140. The summed E-state index contributed by atoms with van der Waals surface area (Å²) in [6, 6.07) is 10.2. The van der Waals surface area contributed by atoms with Gasteiger partial charge in [0.15, 0.2) is 0 Å². The standard InChI is InChI=1S/C21H24Cl3N3O4S/c1-4-19(21(29)25-2)26(12-14-8-9-16(23)11-18(14)24)20(28)13-27(32(3,30)31)17-7-5-6-15(22)10-17/h5-11,19H,4,12-13H2,1-3H3,(H,25,29)/t19-/m0/s1. The van der Waals surface area contributed by atoms with Crippen molar-refractivity contribution in [3.05, 3.63) is 63.1 Å². The number of sulfonamides is 1. The topological polar surface area (TPSA) is 86.8 Å². The second-order valence-corrected chi connectivity index (χ2v) is 10.2. The lowest BCUT2D eigenvalue weighted by atomic mass is 10.1. The number of carbonyl (C=O) groups excluding carboxylic acids is 2. The smallest absolute Gasteiger partial charge is 0.244 e. The molecule has 0 aliphatic heterocycles. The summed E-state index contributed by atoms with van der Waals surface area (Å²) in [7, 11) is -2.36. The van der Waals surface area contributed by atoms with Crippen LogP contribution in [0.4, 0.5) is 5.69 Å². The largest absolute Gasteiger partial charge is 0.357 e. The van der Waals surface area contributed by atoms with Crippen LogP contribution in [0.3, 0.4) is 0 Å². The number of carbonyl (C=O) groups is 2. The lowest BCUT2D eigenvalue weighted by Gasteiger charge is -2.32. The van der Waals surface area contributed by atoms with Crippen molar-refractivity contribution in [3.63, 3.8) is 0 Å². The Morgan fingerprint density at radius 3 is 2.25 bits per heavy atom. The third-order valence-corrected chi connectivity index (χ3v) is 6.73. The number of rotatable bonds is 9. The molecule has 11 heteroatoms. The van der Waals surface area contributed by atoms with E-state index >= 15 is 0 Å². The molecule has 0 heterocycles. The average Bonchev–Trinajstić information content (AvgIpc) is 2.72. The van der Waals surface area contributed by atoms with Crippen molar-refractivity contribution in [2.24, 2.45) is 0 Å². The number of benzene rings is 2. The maximum atomic E-state index is 13.4. The van der Waals surface area contributed by atoms with Crippen LogP contribution in [0.1, 0.15) is 18.9 Å². The van der Waals surface area contributed by atoms with Gasteiger partial charge in [-0.1, -0.05) is 53.9 Å². The minimum absolute atomic E-state index is 0.00604. The van der Waals surface area contributed by atoms with Crippen molar-refractivity contribution in [1.29, 1.82) is 0 Å². The van der Waals surface area contributed by atoms with Crippen LogP contribution < -0.4 is 9.62 Å². The van der Waals surface area contributed by atoms with E-state index in [4.69, 9.17) is 34.8 Å². The monoisotopic (exact) mass is 519 g/mol. The number of nitrogens with one attached hydrogen (secondary N) is 1. The molecule has 0 aliphatic rings. The zero-order valence-corrected chi connectivity index (χ0v) is 20.9. The Morgan fingerprint density at radius 1 is 1.06 bits per heavy atom. The van der Waals surface area contributed by atoms with Gasteiger partial charge in [-0.15, -0.1) is 0 Å². The van der Waals surface area contributed by atoms with Gasteiger partial charge in [0.25, 0.3) is 0 Å². The molecule has 1 atom stereocenters. The van der Waals surface area contributed by atoms with Gasteiger partial charge in [0.05, 0.1) is 11.9 Å². The zero-order chi connectivity index (χ0) is 24.1. The van der Waals surface area contributed by atoms with Crippen LogP contribution >= 0.6 is 34.8 Å². The molecule has 0 unspecified atom stereocenters. The molecular formula is C21H24Cl3N3O4S. The molecule has 0 radical (unpaired) electrons. The van der Waals surface area contributed by atoms with E-state index in [-0.39, 0.29) is 18.1 Å². The molecule has 0 spiro atoms. The van der Waals surface area contributed by atoms with Crippen LogP contribution in [0.5, 0.6) is 0 Å². The van der Waals surface area contributed by atoms with Gasteiger partial charge in [-0.2, -0.15) is 0 Å². The van der Waals surface area contributed by atoms with E-state index in [9.17, 15) is 18.0 Å². The number of hydrogen-bond acceptors (Lipinski definition) is 4. The van der Waals surface area contributed by atoms with Gasteiger partial charge < -0.3 is 10.2 Å². The predicted molar refractivity (Wildman–Crippen MR) is 129 cm³/mol. The molecule has 0 aromatic heterocycles. The first kappa shape index (κ1) is 26.3. The van der Waals surface area contributed by atoms with Crippen molar-refractivity contribution in [3.8, 4) is 0 Å². The fourth-order valence-corrected chi connectivity index (χ4v) is 4.66. The van der Waals surface area contributed by atoms with Crippen LogP contribution in [0.15, 0.2) is 42.5 Å². The van der Waals surface area contributed by atoms with Crippen molar-refractivity contribution >= 4 is 62.3 Å². The summed E-state index contributed by atoms with van der Waals surface area (Å²) in [5.41, 5.74) is 0.811. The van der Waals surface area contributed by atoms with E-state index < -0.39 is 28.5 Å². The summed E-state index contributed by atoms with van der Waals surface area (Å²) in [5, 5.41) is 3.63. The van der Waals surface area contributed by atoms with Crippen molar-refractivity contribution < 1.29 is 18.0 Å². The maximum absolute atomic E-state index is 13.4. The Kier molecular flexibility index (Phi) is 9.21. The molecule has 0 aliphatic carbocycles. The Bertz CT molecular complexity index is 1100. The van der Waals surface area contributed by atoms with E-state index in [2.05, 4.69) is 5.32 Å². The molecule has 2 amide bonds. The molecule has 32 heavy (non-hydrogen) atoms. The van der Waals surface area contributed by atoms with Crippen molar-refractivity contribution in [1.82, 2.24) is 10.2 Å². The van der Waals surface area contributed by atoms with Gasteiger partial charge in [0.1, 0.15) is 12.6 Å². The first-order chi connectivity index (χ1) is 15.0. The number of hydrogen-bond donors (Lipinski definition) is 1. The second kappa shape index (κ2) is 11.2. The lowest BCUT2D eigenvalue weighted by Crippen LogP contribution is -2.51. The number of nitrogens with zero attached hydrogens (tertiary/aromatic N) is 2. The Labute approximate surface area is 203 Å². The van der Waals surface area contributed by atoms with Crippen LogP contribution in [-0.4, -0.2) is 51.0 Å². The van der Waals surface area contributed by atoms with E-state index in [1.165, 1.54) is 30.1 Å². The maximum Gasteiger partial charge on any atom is 0.244 e. The van der Waals surface area contributed by atoms with E-state index in [1.54, 1.807) is 31.2 Å². The Hall–Kier alpha value is -2.00. The normalized spacial score (nSPS) is 12.2. The zero-order valence-electron chi connectivity index (χ0n) is 17.8. The third kappa shape index (κ3) is 6.75. The highest BCUT2D eigenvalue weighted by Crippen LogP contribution is 2.25. The minimum atomic E-state index is -3.83. The van der Waals surface area contributed by atoms with Crippen molar-refractivity contribution in [2.75, 3.05) is 24.2 Å². The summed E-state index contributed by atoms with van der Waals surface area (Å²) in [6.07, 6.45) is 1.31. The highest BCUT2D eigenvalue weighted by Gasteiger charge is 2.31. The Morgan fingerprint density at radius 2 is 1.72 bits per heavy atom. The molecule has 0 bridgehead atoms. The van der Waals surface area contributed by atoms with E-state index in [1.807, 2.05) is 0 Å². The minimum Gasteiger partial charge on any atom is -0.357 e. The van der Waals surface area contributed by atoms with Gasteiger partial charge in [0, 0.05) is 28.7 Å². The summed E-state index contributed by atoms with van der Waals surface area (Å²) >= 11 is 18.3. The van der Waals surface area contributed by atoms with Crippen LogP contribution in [0.2, 0.25) is 15.1 Å². The molecular weight excluding hydrogens is 497 g/mol. The molecule has 7 nitrogen and oxygen atoms in total. The molecule has 2 rings (SSSR count). The SMILES string of the molecule is CC[C@@H](C(=O)NC)N(Cc1ccc(Cl)cc1Cl)C(=O)CN(c1cccc(Cl)c1)S(C)(=O)=O. The molecule has 1 N–H and O–H groups in total. The van der Waals surface area contributed by atoms with Gasteiger partial charge in [0.2, 0.25) is 21.8 Å². The molecule has 0 saturated heterocycles. The van der Waals surface area contributed by atoms with Crippen molar-refractivity contribution in [2.45, 2.75) is 25.9 Å². The molecule has 0 saturated carbocycles. The molecule has 2 aromatic rings. The fraction of sp³-hybridized carbons (Fsp3) is 0.333. The van der Waals surface area contributed by atoms with Gasteiger partial charge in [-0.25, -0.2) is 8.42 Å². The Balaban J connectivity index is 2.46. The van der Waals surface area contributed by atoms with E-state index in [0.717, 1.165) is 10.6 Å². The first-order valence-electron chi connectivity index (χ1n) is 9.66. The fourth-order valence-electron chi connectivity index (χ4n) is 3.16. The highest BCUT2D eigenvalue weighted by atomic mass is 35.5. The van der Waals surface area contributed by atoms with E-state index in [0.29, 0.717) is 27.1 Å². The van der Waals surface area contributed by atoms with Crippen LogP contribution in [-0.2, 0) is 26.2 Å². The van der Waals surface area contributed by atoms with Gasteiger partial charge in [-0.05, 0) is 42.3 Å².